The number of sulfonamides is 1. The second-order valence-electron chi connectivity index (χ2n) is 4.12. The normalized spacial score (nSPS) is 11.8. The van der Waals surface area contributed by atoms with E-state index in [0.29, 0.717) is 0 Å². The Hall–Kier alpha value is -1.43. The lowest BCUT2D eigenvalue weighted by molar-refractivity contribution is 0.585. The molecular formula is C15H14BrNO2S. The Morgan fingerprint density at radius 3 is 2.30 bits per heavy atom. The summed E-state index contributed by atoms with van der Waals surface area (Å²) in [5.74, 6) is 0. The molecule has 0 amide bonds. The Morgan fingerprint density at radius 2 is 1.65 bits per heavy atom. The smallest absolute Gasteiger partial charge is 0.207 e. The molecule has 5 heteroatoms. The van der Waals surface area contributed by atoms with E-state index in [1.54, 1.807) is 30.3 Å². The summed E-state index contributed by atoms with van der Waals surface area (Å²) >= 11 is 3.28. The first-order valence-electron chi connectivity index (χ1n) is 6.05. The summed E-state index contributed by atoms with van der Waals surface area (Å²) in [7, 11) is -3.45. The van der Waals surface area contributed by atoms with Crippen molar-refractivity contribution in [2.24, 2.45) is 0 Å². The van der Waals surface area contributed by atoms with Crippen LogP contribution in [-0.2, 0) is 10.0 Å². The number of hydrogen-bond donors (Lipinski definition) is 1. The molecule has 0 spiro atoms. The van der Waals surface area contributed by atoms with Crippen molar-refractivity contribution in [3.05, 3.63) is 70.7 Å². The van der Waals surface area contributed by atoms with Crippen molar-refractivity contribution in [3.63, 3.8) is 0 Å². The third kappa shape index (κ3) is 4.30. The summed E-state index contributed by atoms with van der Waals surface area (Å²) in [5.41, 5.74) is 1.04. The molecule has 0 aliphatic rings. The molecule has 0 aliphatic carbocycles. The molecule has 20 heavy (non-hydrogen) atoms. The number of rotatable bonds is 5. The molecule has 0 heterocycles. The van der Waals surface area contributed by atoms with Gasteiger partial charge in [-0.05, 0) is 29.8 Å². The number of nitrogens with one attached hydrogen (secondary N) is 1. The number of benzene rings is 2. The van der Waals surface area contributed by atoms with Crippen LogP contribution in [0.2, 0.25) is 0 Å². The first-order chi connectivity index (χ1) is 9.58. The molecule has 104 valence electrons. The van der Waals surface area contributed by atoms with Gasteiger partial charge in [-0.3, -0.25) is 0 Å². The molecule has 2 aromatic carbocycles. The van der Waals surface area contributed by atoms with Crippen LogP contribution >= 0.6 is 15.9 Å². The van der Waals surface area contributed by atoms with Gasteiger partial charge in [0.2, 0.25) is 10.0 Å². The van der Waals surface area contributed by atoms with Crippen molar-refractivity contribution >= 4 is 32.0 Å². The lowest BCUT2D eigenvalue weighted by atomic mass is 10.2. The second-order valence-corrected chi connectivity index (χ2v) is 6.80. The van der Waals surface area contributed by atoms with Gasteiger partial charge in [0.05, 0.1) is 4.90 Å². The van der Waals surface area contributed by atoms with Gasteiger partial charge < -0.3 is 0 Å². The molecule has 0 saturated heterocycles. The van der Waals surface area contributed by atoms with Gasteiger partial charge in [-0.15, -0.1) is 0 Å². The van der Waals surface area contributed by atoms with Gasteiger partial charge in [0.1, 0.15) is 0 Å². The van der Waals surface area contributed by atoms with E-state index < -0.39 is 10.0 Å². The number of halogens is 1. The lowest BCUT2D eigenvalue weighted by Gasteiger charge is -2.04. The van der Waals surface area contributed by atoms with Crippen molar-refractivity contribution in [2.45, 2.75) is 4.90 Å². The zero-order valence-corrected chi connectivity index (χ0v) is 13.1. The fraction of sp³-hybridized carbons (Fsp3) is 0.0667. The predicted molar refractivity (Wildman–Crippen MR) is 84.8 cm³/mol. The van der Waals surface area contributed by atoms with Crippen LogP contribution in [0.5, 0.6) is 0 Å². The summed E-state index contributed by atoms with van der Waals surface area (Å²) in [6.45, 7) is 0.257. The van der Waals surface area contributed by atoms with Crippen molar-refractivity contribution in [2.75, 3.05) is 6.54 Å². The summed E-state index contributed by atoms with van der Waals surface area (Å²) in [6.07, 6.45) is 3.66. The zero-order valence-electron chi connectivity index (χ0n) is 10.7. The standard InChI is InChI=1S/C15H14BrNO2S/c16-14-8-10-15(11-9-14)20(18,19)17-12-4-7-13-5-2-1-3-6-13/h1-11,17H,12H2/b7-4+. The van der Waals surface area contributed by atoms with Crippen LogP contribution in [0.1, 0.15) is 5.56 Å². The minimum absolute atomic E-state index is 0.257. The molecule has 0 unspecified atom stereocenters. The SMILES string of the molecule is O=S(=O)(NC/C=C/c1ccccc1)c1ccc(Br)cc1. The molecule has 0 bridgehead atoms. The van der Waals surface area contributed by atoms with Gasteiger partial charge >= 0.3 is 0 Å². The Labute approximate surface area is 127 Å². The molecule has 2 aromatic rings. The summed E-state index contributed by atoms with van der Waals surface area (Å²) < 4.78 is 27.4. The summed E-state index contributed by atoms with van der Waals surface area (Å²) in [4.78, 5) is 0.258. The van der Waals surface area contributed by atoms with Gasteiger partial charge in [0, 0.05) is 11.0 Å². The van der Waals surface area contributed by atoms with Gasteiger partial charge in [-0.25, -0.2) is 13.1 Å². The van der Waals surface area contributed by atoms with Crippen molar-refractivity contribution < 1.29 is 8.42 Å². The highest BCUT2D eigenvalue weighted by Gasteiger charge is 2.11. The maximum absolute atomic E-state index is 12.0. The van der Waals surface area contributed by atoms with Crippen LogP contribution in [0, 0.1) is 0 Å². The fourth-order valence-corrected chi connectivity index (χ4v) is 2.86. The average Bonchev–Trinajstić information content (AvgIpc) is 2.45. The van der Waals surface area contributed by atoms with Crippen LogP contribution in [0.4, 0.5) is 0 Å². The van der Waals surface area contributed by atoms with Crippen molar-refractivity contribution in [1.29, 1.82) is 0 Å². The molecule has 0 atom stereocenters. The zero-order chi connectivity index (χ0) is 14.4. The molecule has 0 fully saturated rings. The quantitative estimate of drug-likeness (QED) is 0.896. The van der Waals surface area contributed by atoms with E-state index in [4.69, 9.17) is 0 Å². The van der Waals surface area contributed by atoms with Crippen molar-refractivity contribution in [3.8, 4) is 0 Å². The van der Waals surface area contributed by atoms with Crippen LogP contribution in [0.15, 0.2) is 70.0 Å². The van der Waals surface area contributed by atoms with Crippen LogP contribution < -0.4 is 4.72 Å². The third-order valence-corrected chi connectivity index (χ3v) is 4.59. The minimum atomic E-state index is -3.45. The highest BCUT2D eigenvalue weighted by atomic mass is 79.9. The Kier molecular flexibility index (Phi) is 5.11. The first kappa shape index (κ1) is 15.0. The largest absolute Gasteiger partial charge is 0.240 e. The van der Waals surface area contributed by atoms with Gasteiger partial charge in [0.15, 0.2) is 0 Å². The molecule has 0 aliphatic heterocycles. The maximum Gasteiger partial charge on any atom is 0.240 e. The van der Waals surface area contributed by atoms with E-state index in [2.05, 4.69) is 20.7 Å². The van der Waals surface area contributed by atoms with E-state index >= 15 is 0 Å². The summed E-state index contributed by atoms with van der Waals surface area (Å²) in [6, 6.07) is 16.3. The van der Waals surface area contributed by atoms with E-state index in [-0.39, 0.29) is 11.4 Å². The maximum atomic E-state index is 12.0. The Morgan fingerprint density at radius 1 is 1.00 bits per heavy atom. The van der Waals surface area contributed by atoms with Crippen LogP contribution in [-0.4, -0.2) is 15.0 Å². The third-order valence-electron chi connectivity index (χ3n) is 2.63. The van der Waals surface area contributed by atoms with Gasteiger partial charge in [-0.2, -0.15) is 0 Å². The highest BCUT2D eigenvalue weighted by molar-refractivity contribution is 9.10. The second kappa shape index (κ2) is 6.83. The predicted octanol–water partition coefficient (Wildman–Crippen LogP) is 3.44. The minimum Gasteiger partial charge on any atom is -0.207 e. The van der Waals surface area contributed by atoms with E-state index in [9.17, 15) is 8.42 Å². The molecule has 3 nitrogen and oxygen atoms in total. The van der Waals surface area contributed by atoms with E-state index in [0.717, 1.165) is 10.0 Å². The molecule has 0 saturated carbocycles. The van der Waals surface area contributed by atoms with E-state index in [1.807, 2.05) is 36.4 Å². The molecule has 1 N–H and O–H groups in total. The molecule has 0 radical (unpaired) electrons. The fourth-order valence-electron chi connectivity index (χ4n) is 1.61. The lowest BCUT2D eigenvalue weighted by Crippen LogP contribution is -2.23. The van der Waals surface area contributed by atoms with Crippen LogP contribution in [0.25, 0.3) is 6.08 Å². The number of hydrogen-bond acceptors (Lipinski definition) is 2. The monoisotopic (exact) mass is 351 g/mol. The molecule has 0 aromatic heterocycles. The first-order valence-corrected chi connectivity index (χ1v) is 8.32. The Balaban J connectivity index is 1.96. The van der Waals surface area contributed by atoms with Gasteiger partial charge in [-0.1, -0.05) is 58.4 Å². The Bertz CT molecular complexity index is 680. The summed E-state index contributed by atoms with van der Waals surface area (Å²) in [5, 5.41) is 0. The van der Waals surface area contributed by atoms with Crippen LogP contribution in [0.3, 0.4) is 0 Å². The molecule has 2 rings (SSSR count). The average molecular weight is 352 g/mol. The van der Waals surface area contributed by atoms with Gasteiger partial charge in [0.25, 0.3) is 0 Å². The topological polar surface area (TPSA) is 46.2 Å². The highest BCUT2D eigenvalue weighted by Crippen LogP contribution is 2.14. The van der Waals surface area contributed by atoms with E-state index in [1.165, 1.54) is 0 Å². The molecular weight excluding hydrogens is 338 g/mol. The van der Waals surface area contributed by atoms with Crippen molar-refractivity contribution in [1.82, 2.24) is 4.72 Å².